The highest BCUT2D eigenvalue weighted by Gasteiger charge is 2.41. The number of thioether (sulfide) groups is 1. The second-order valence-electron chi connectivity index (χ2n) is 6.45. The molecular weight excluding hydrogens is 559 g/mol. The Morgan fingerprint density at radius 3 is 2.32 bits per heavy atom. The highest BCUT2D eigenvalue weighted by atomic mass is 127. The van der Waals surface area contributed by atoms with Gasteiger partial charge in [-0.25, -0.2) is 19.5 Å². The summed E-state index contributed by atoms with van der Waals surface area (Å²) in [6, 6.07) is 5.46. The summed E-state index contributed by atoms with van der Waals surface area (Å²) in [7, 11) is 0. The molecule has 5 nitrogen and oxygen atoms in total. The Labute approximate surface area is 189 Å². The highest BCUT2D eigenvalue weighted by molar-refractivity contribution is 14.1. The van der Waals surface area contributed by atoms with Crippen LogP contribution in [0.15, 0.2) is 29.3 Å². The molecule has 0 aliphatic heterocycles. The summed E-state index contributed by atoms with van der Waals surface area (Å²) in [6.07, 6.45) is -9.64. The first-order valence-corrected chi connectivity index (χ1v) is 10.8. The first-order valence-electron chi connectivity index (χ1n) is 8.78. The minimum atomic E-state index is -4.91. The molecule has 0 atom stereocenters. The van der Waals surface area contributed by atoms with Gasteiger partial charge in [0.25, 0.3) is 0 Å². The molecule has 4 heterocycles. The minimum Gasteiger partial charge on any atom is -0.281 e. The van der Waals surface area contributed by atoms with E-state index < -0.39 is 29.6 Å². The van der Waals surface area contributed by atoms with Gasteiger partial charge in [0.05, 0.1) is 0 Å². The van der Waals surface area contributed by atoms with E-state index >= 15 is 0 Å². The summed E-state index contributed by atoms with van der Waals surface area (Å²) in [4.78, 5) is 12.1. The molecule has 0 amide bonds. The zero-order valence-corrected chi connectivity index (χ0v) is 18.8. The van der Waals surface area contributed by atoms with Gasteiger partial charge in [-0.05, 0) is 59.5 Å². The fraction of sp³-hybridized carbons (Fsp3) is 0.278. The average Bonchev–Trinajstić information content (AvgIpc) is 3.19. The molecule has 0 aliphatic carbocycles. The normalized spacial score (nSPS) is 12.9. The largest absolute Gasteiger partial charge is 0.491 e. The summed E-state index contributed by atoms with van der Waals surface area (Å²) < 4.78 is 84.2. The van der Waals surface area contributed by atoms with Gasteiger partial charge >= 0.3 is 12.5 Å². The first kappa shape index (κ1) is 22.2. The fourth-order valence-corrected chi connectivity index (χ4v) is 4.80. The van der Waals surface area contributed by atoms with E-state index in [9.17, 15) is 26.3 Å². The SMILES string of the molecule is CCSc1c(-c2nc3ccc(C)nc3n2C(F)(F)F)nc2ccc(I)c(C(F)(F)F)n12. The number of fused-ring (bicyclic) bond motifs is 2. The lowest BCUT2D eigenvalue weighted by Gasteiger charge is -2.14. The third-order valence-electron chi connectivity index (χ3n) is 4.35. The van der Waals surface area contributed by atoms with E-state index in [2.05, 4.69) is 15.0 Å². The van der Waals surface area contributed by atoms with E-state index in [-0.39, 0.29) is 30.0 Å². The molecular formula is C18H12F6IN5S. The van der Waals surface area contributed by atoms with Gasteiger partial charge in [-0.2, -0.15) is 13.2 Å². The van der Waals surface area contributed by atoms with Gasteiger partial charge < -0.3 is 0 Å². The van der Waals surface area contributed by atoms with Crippen LogP contribution in [0.5, 0.6) is 0 Å². The molecule has 0 aromatic carbocycles. The number of imidazole rings is 2. The van der Waals surface area contributed by atoms with E-state index in [1.165, 1.54) is 31.2 Å². The Hall–Kier alpha value is -2.03. The van der Waals surface area contributed by atoms with E-state index in [1.807, 2.05) is 0 Å². The Morgan fingerprint density at radius 2 is 1.71 bits per heavy atom. The van der Waals surface area contributed by atoms with Crippen LogP contribution in [-0.4, -0.2) is 29.7 Å². The Bertz CT molecular complexity index is 1310. The quantitative estimate of drug-likeness (QED) is 0.165. The van der Waals surface area contributed by atoms with Crippen molar-refractivity contribution < 1.29 is 26.3 Å². The number of halogens is 7. The van der Waals surface area contributed by atoms with Gasteiger partial charge in [-0.3, -0.25) is 4.40 Å². The standard InChI is InChI=1S/C18H12F6IN5S/c1-3-31-16-12(28-11-7-5-9(25)13(29(11)16)17(19,20)21)15-27-10-6-4-8(2)26-14(10)30(15)18(22,23)24/h4-7H,3H2,1-2H3. The predicted molar refractivity (Wildman–Crippen MR) is 112 cm³/mol. The van der Waals surface area contributed by atoms with Crippen molar-refractivity contribution in [3.8, 4) is 11.5 Å². The highest BCUT2D eigenvalue weighted by Crippen LogP contribution is 2.41. The fourth-order valence-electron chi connectivity index (χ4n) is 3.21. The lowest BCUT2D eigenvalue weighted by Crippen LogP contribution is -2.19. The van der Waals surface area contributed by atoms with Gasteiger partial charge in [0.2, 0.25) is 0 Å². The van der Waals surface area contributed by atoms with Crippen LogP contribution in [-0.2, 0) is 12.5 Å². The number of rotatable bonds is 3. The van der Waals surface area contributed by atoms with E-state index in [1.54, 1.807) is 29.5 Å². The molecule has 0 fully saturated rings. The number of aromatic nitrogens is 5. The van der Waals surface area contributed by atoms with Crippen molar-refractivity contribution in [1.82, 2.24) is 23.9 Å². The van der Waals surface area contributed by atoms with Crippen LogP contribution in [0.2, 0.25) is 0 Å². The maximum absolute atomic E-state index is 14.0. The summed E-state index contributed by atoms with van der Waals surface area (Å²) in [5.74, 6) is -0.295. The molecule has 0 saturated carbocycles. The molecule has 4 aromatic rings. The zero-order valence-electron chi connectivity index (χ0n) is 15.8. The zero-order chi connectivity index (χ0) is 22.7. The van der Waals surface area contributed by atoms with E-state index in [0.29, 0.717) is 11.4 Å². The number of aryl methyl sites for hydroxylation is 1. The van der Waals surface area contributed by atoms with Crippen molar-refractivity contribution in [3.63, 3.8) is 0 Å². The predicted octanol–water partition coefficient (Wildman–Crippen LogP) is 6.27. The Morgan fingerprint density at radius 1 is 1.00 bits per heavy atom. The number of hydrogen-bond donors (Lipinski definition) is 0. The second-order valence-corrected chi connectivity index (χ2v) is 8.87. The van der Waals surface area contributed by atoms with Crippen molar-refractivity contribution in [3.05, 3.63) is 39.2 Å². The topological polar surface area (TPSA) is 48.0 Å². The molecule has 31 heavy (non-hydrogen) atoms. The number of alkyl halides is 6. The second kappa shape index (κ2) is 7.53. The van der Waals surface area contributed by atoms with E-state index in [0.717, 1.165) is 16.2 Å². The minimum absolute atomic E-state index is 0.0327. The summed E-state index contributed by atoms with van der Waals surface area (Å²) in [5, 5.41) is -0.0686. The number of hydrogen-bond acceptors (Lipinski definition) is 4. The van der Waals surface area contributed by atoms with Gasteiger partial charge in [-0.1, -0.05) is 6.92 Å². The molecule has 0 aliphatic rings. The van der Waals surface area contributed by atoms with Crippen molar-refractivity contribution in [2.45, 2.75) is 31.3 Å². The average molecular weight is 571 g/mol. The number of pyridine rings is 2. The summed E-state index contributed by atoms with van der Waals surface area (Å²) in [5.41, 5.74) is -1.53. The van der Waals surface area contributed by atoms with Crippen LogP contribution in [0, 0.1) is 10.5 Å². The van der Waals surface area contributed by atoms with Crippen LogP contribution in [0.1, 0.15) is 18.3 Å². The monoisotopic (exact) mass is 571 g/mol. The first-order chi connectivity index (χ1) is 14.4. The van der Waals surface area contributed by atoms with Gasteiger partial charge in [0.15, 0.2) is 11.5 Å². The van der Waals surface area contributed by atoms with Crippen LogP contribution in [0.25, 0.3) is 28.3 Å². The van der Waals surface area contributed by atoms with Gasteiger partial charge in [-0.15, -0.1) is 24.9 Å². The molecule has 4 aromatic heterocycles. The van der Waals surface area contributed by atoms with Crippen LogP contribution < -0.4 is 0 Å². The molecule has 0 saturated heterocycles. The summed E-state index contributed by atoms with van der Waals surface area (Å²) in [6.45, 7) is 3.22. The maximum atomic E-state index is 14.0. The van der Waals surface area contributed by atoms with Crippen molar-refractivity contribution >= 4 is 51.2 Å². The molecule has 4 rings (SSSR count). The van der Waals surface area contributed by atoms with Crippen molar-refractivity contribution in [2.75, 3.05) is 5.75 Å². The van der Waals surface area contributed by atoms with Crippen LogP contribution in [0.4, 0.5) is 26.3 Å². The molecule has 0 bridgehead atoms. The molecule has 0 radical (unpaired) electrons. The lowest BCUT2D eigenvalue weighted by molar-refractivity contribution is -0.200. The third-order valence-corrected chi connectivity index (χ3v) is 6.16. The van der Waals surface area contributed by atoms with Gasteiger partial charge in [0, 0.05) is 9.26 Å². The van der Waals surface area contributed by atoms with Crippen LogP contribution in [0.3, 0.4) is 0 Å². The smallest absolute Gasteiger partial charge is 0.281 e. The summed E-state index contributed by atoms with van der Waals surface area (Å²) >= 11 is 2.51. The number of nitrogens with zero attached hydrogens (tertiary/aromatic N) is 5. The molecule has 13 heteroatoms. The van der Waals surface area contributed by atoms with Crippen molar-refractivity contribution in [2.24, 2.45) is 0 Å². The van der Waals surface area contributed by atoms with Crippen molar-refractivity contribution in [1.29, 1.82) is 0 Å². The van der Waals surface area contributed by atoms with Gasteiger partial charge in [0.1, 0.15) is 27.6 Å². The molecule has 164 valence electrons. The maximum Gasteiger partial charge on any atom is 0.491 e. The lowest BCUT2D eigenvalue weighted by atomic mass is 10.3. The Balaban J connectivity index is 2.15. The van der Waals surface area contributed by atoms with Crippen LogP contribution >= 0.6 is 34.4 Å². The molecule has 0 unspecified atom stereocenters. The van der Waals surface area contributed by atoms with E-state index in [4.69, 9.17) is 0 Å². The molecule has 0 N–H and O–H groups in total. The Kier molecular flexibility index (Phi) is 5.39. The molecule has 0 spiro atoms. The third kappa shape index (κ3) is 3.75.